The van der Waals surface area contributed by atoms with Gasteiger partial charge in [0.15, 0.2) is 0 Å². The minimum absolute atomic E-state index is 0.0210. The highest BCUT2D eigenvalue weighted by molar-refractivity contribution is 5.89. The molecule has 1 aliphatic carbocycles. The Morgan fingerprint density at radius 2 is 1.73 bits per heavy atom. The zero-order valence-corrected chi connectivity index (χ0v) is 19.0. The van der Waals surface area contributed by atoms with Gasteiger partial charge in [0.05, 0.1) is 6.42 Å². The van der Waals surface area contributed by atoms with Crippen LogP contribution in [0.5, 0.6) is 0 Å². The normalized spacial score (nSPS) is 20.1. The van der Waals surface area contributed by atoms with E-state index < -0.39 is 24.5 Å². The first-order valence-corrected chi connectivity index (χ1v) is 11.4. The average molecular weight is 451 g/mol. The van der Waals surface area contributed by atoms with Gasteiger partial charge in [-0.05, 0) is 40.5 Å². The van der Waals surface area contributed by atoms with Crippen molar-refractivity contribution in [1.29, 1.82) is 0 Å². The van der Waals surface area contributed by atoms with Crippen molar-refractivity contribution in [2.45, 2.75) is 45.1 Å². The quantitative estimate of drug-likeness (QED) is 0.664. The topological polar surface area (TPSA) is 95.9 Å². The van der Waals surface area contributed by atoms with Gasteiger partial charge in [0.25, 0.3) is 0 Å². The fourth-order valence-electron chi connectivity index (χ4n) is 4.88. The maximum atomic E-state index is 13.0. The lowest BCUT2D eigenvalue weighted by molar-refractivity contribution is -0.142. The number of alkyl carbamates (subject to hydrolysis) is 1. The molecule has 7 nitrogen and oxygen atoms in total. The highest BCUT2D eigenvalue weighted by atomic mass is 16.5. The number of carboxylic acids is 1. The molecule has 2 N–H and O–H groups in total. The Bertz CT molecular complexity index is 1020. The number of fused-ring (bicyclic) bond motifs is 3. The molecule has 7 heteroatoms. The summed E-state index contributed by atoms with van der Waals surface area (Å²) in [6, 6.07) is 14.9. The lowest BCUT2D eigenvalue weighted by Gasteiger charge is -2.26. The van der Waals surface area contributed by atoms with E-state index in [2.05, 4.69) is 31.3 Å². The number of ether oxygens (including phenoxy) is 1. The van der Waals surface area contributed by atoms with Crippen molar-refractivity contribution >= 4 is 18.0 Å². The summed E-state index contributed by atoms with van der Waals surface area (Å²) in [4.78, 5) is 38.6. The third-order valence-corrected chi connectivity index (χ3v) is 7.04. The van der Waals surface area contributed by atoms with Crippen molar-refractivity contribution in [3.8, 4) is 11.1 Å². The smallest absolute Gasteiger partial charge is 0.407 e. The summed E-state index contributed by atoms with van der Waals surface area (Å²) in [5.74, 6) is -1.63. The summed E-state index contributed by atoms with van der Waals surface area (Å²) in [6.07, 6.45) is 0.525. The molecule has 4 rings (SSSR count). The van der Waals surface area contributed by atoms with Gasteiger partial charge < -0.3 is 20.1 Å². The van der Waals surface area contributed by atoms with Crippen LogP contribution in [0.25, 0.3) is 11.1 Å². The molecule has 1 heterocycles. The van der Waals surface area contributed by atoms with Crippen LogP contribution in [-0.4, -0.2) is 53.7 Å². The molecular weight excluding hydrogens is 420 g/mol. The highest BCUT2D eigenvalue weighted by Crippen LogP contribution is 2.44. The predicted molar refractivity (Wildman–Crippen MR) is 124 cm³/mol. The molecule has 2 aromatic carbocycles. The van der Waals surface area contributed by atoms with Crippen molar-refractivity contribution in [2.75, 3.05) is 19.7 Å². The monoisotopic (exact) mass is 450 g/mol. The molecule has 174 valence electrons. The molecule has 33 heavy (non-hydrogen) atoms. The minimum atomic E-state index is -1.16. The summed E-state index contributed by atoms with van der Waals surface area (Å²) in [6.45, 7) is 5.42. The molecule has 2 aromatic rings. The van der Waals surface area contributed by atoms with Crippen LogP contribution in [0.1, 0.15) is 50.2 Å². The Balaban J connectivity index is 1.42. The maximum absolute atomic E-state index is 13.0. The number of amides is 2. The molecule has 2 aliphatic rings. The number of benzene rings is 2. The second kappa shape index (κ2) is 9.25. The Hall–Kier alpha value is -3.35. The van der Waals surface area contributed by atoms with Crippen LogP contribution in [0.15, 0.2) is 48.5 Å². The first-order valence-electron chi connectivity index (χ1n) is 11.4. The fourth-order valence-corrected chi connectivity index (χ4v) is 4.88. The number of likely N-dealkylation sites (tertiary alicyclic amines) is 1. The molecule has 1 aliphatic heterocycles. The second-order valence-electron chi connectivity index (χ2n) is 9.29. The van der Waals surface area contributed by atoms with Crippen molar-refractivity contribution in [1.82, 2.24) is 10.2 Å². The van der Waals surface area contributed by atoms with Crippen LogP contribution in [0, 0.1) is 5.41 Å². The zero-order valence-electron chi connectivity index (χ0n) is 19.0. The van der Waals surface area contributed by atoms with E-state index in [0.717, 1.165) is 35.1 Å². The number of carbonyl (C=O) groups is 3. The third kappa shape index (κ3) is 4.72. The molecule has 1 saturated heterocycles. The lowest BCUT2D eigenvalue weighted by atomic mass is 9.87. The number of hydrogen-bond acceptors (Lipinski definition) is 4. The Kier molecular flexibility index (Phi) is 6.40. The molecule has 0 bridgehead atoms. The Morgan fingerprint density at radius 1 is 1.12 bits per heavy atom. The largest absolute Gasteiger partial charge is 0.481 e. The molecule has 2 amide bonds. The summed E-state index contributed by atoms with van der Waals surface area (Å²) < 4.78 is 5.51. The standard InChI is InChI=1S/C26H30N2O5/c1-3-26(2)12-13-28(16-26)24(31)22(14-23(29)30)27-25(32)33-15-21-19-10-6-4-8-17(19)18-9-5-7-11-20(18)21/h4-11,21-22H,3,12-16H2,1-2H3,(H,27,32)(H,29,30). The molecule has 2 atom stereocenters. The van der Waals surface area contributed by atoms with E-state index in [4.69, 9.17) is 4.74 Å². The highest BCUT2D eigenvalue weighted by Gasteiger charge is 2.38. The minimum Gasteiger partial charge on any atom is -0.481 e. The van der Waals surface area contributed by atoms with Crippen molar-refractivity contribution < 1.29 is 24.2 Å². The van der Waals surface area contributed by atoms with Gasteiger partial charge in [0.1, 0.15) is 12.6 Å². The van der Waals surface area contributed by atoms with Gasteiger partial charge in [-0.15, -0.1) is 0 Å². The third-order valence-electron chi connectivity index (χ3n) is 7.04. The molecule has 0 saturated carbocycles. The van der Waals surface area contributed by atoms with Crippen molar-refractivity contribution in [3.05, 3.63) is 59.7 Å². The van der Waals surface area contributed by atoms with E-state index >= 15 is 0 Å². The van der Waals surface area contributed by atoms with E-state index in [9.17, 15) is 19.5 Å². The van der Waals surface area contributed by atoms with E-state index in [-0.39, 0.29) is 23.8 Å². The van der Waals surface area contributed by atoms with Gasteiger partial charge >= 0.3 is 12.1 Å². The first kappa shape index (κ1) is 22.8. The summed E-state index contributed by atoms with van der Waals surface area (Å²) >= 11 is 0. The number of hydrogen-bond donors (Lipinski definition) is 2. The SMILES string of the molecule is CCC1(C)CCN(C(=O)C(CC(=O)O)NC(=O)OCC2c3ccccc3-c3ccccc32)C1. The molecule has 1 fully saturated rings. The van der Waals surface area contributed by atoms with Crippen LogP contribution < -0.4 is 5.32 Å². The van der Waals surface area contributed by atoms with E-state index in [1.807, 2.05) is 36.4 Å². The van der Waals surface area contributed by atoms with E-state index in [1.54, 1.807) is 4.90 Å². The predicted octanol–water partition coefficient (Wildman–Crippen LogP) is 4.02. The van der Waals surface area contributed by atoms with Crippen LogP contribution >= 0.6 is 0 Å². The molecule has 2 unspecified atom stereocenters. The maximum Gasteiger partial charge on any atom is 0.407 e. The second-order valence-corrected chi connectivity index (χ2v) is 9.29. The van der Waals surface area contributed by atoms with Crippen LogP contribution in [0.3, 0.4) is 0 Å². The number of nitrogens with zero attached hydrogens (tertiary/aromatic N) is 1. The Labute approximate surface area is 193 Å². The number of aliphatic carboxylic acids is 1. The molecular formula is C26H30N2O5. The average Bonchev–Trinajstić information content (AvgIpc) is 3.35. The summed E-state index contributed by atoms with van der Waals surface area (Å²) in [7, 11) is 0. The van der Waals surface area contributed by atoms with Gasteiger partial charge in [0, 0.05) is 19.0 Å². The van der Waals surface area contributed by atoms with E-state index in [1.165, 1.54) is 0 Å². The van der Waals surface area contributed by atoms with Gasteiger partial charge in [-0.1, -0.05) is 62.4 Å². The number of rotatable bonds is 7. The van der Waals surface area contributed by atoms with Crippen LogP contribution in [0.2, 0.25) is 0 Å². The molecule has 0 spiro atoms. The Morgan fingerprint density at radius 3 is 2.27 bits per heavy atom. The number of carbonyl (C=O) groups excluding carboxylic acids is 2. The number of carboxylic acid groups (broad SMARTS) is 1. The summed E-state index contributed by atoms with van der Waals surface area (Å²) in [5.41, 5.74) is 4.43. The van der Waals surface area contributed by atoms with Gasteiger partial charge in [0.2, 0.25) is 5.91 Å². The van der Waals surface area contributed by atoms with Crippen LogP contribution in [0.4, 0.5) is 4.79 Å². The first-order chi connectivity index (χ1) is 15.8. The van der Waals surface area contributed by atoms with Crippen molar-refractivity contribution in [3.63, 3.8) is 0 Å². The fraction of sp³-hybridized carbons (Fsp3) is 0.423. The summed E-state index contributed by atoms with van der Waals surface area (Å²) in [5, 5.41) is 11.8. The zero-order chi connectivity index (χ0) is 23.6. The van der Waals surface area contributed by atoms with Gasteiger partial charge in [-0.2, -0.15) is 0 Å². The van der Waals surface area contributed by atoms with Crippen molar-refractivity contribution in [2.24, 2.45) is 5.41 Å². The molecule has 0 radical (unpaired) electrons. The van der Waals surface area contributed by atoms with Crippen LogP contribution in [-0.2, 0) is 14.3 Å². The van der Waals surface area contributed by atoms with Gasteiger partial charge in [-0.3, -0.25) is 9.59 Å². The lowest BCUT2D eigenvalue weighted by Crippen LogP contribution is -2.49. The molecule has 0 aromatic heterocycles. The van der Waals surface area contributed by atoms with E-state index in [0.29, 0.717) is 13.1 Å². The van der Waals surface area contributed by atoms with Gasteiger partial charge in [-0.25, -0.2) is 4.79 Å². The number of nitrogens with one attached hydrogen (secondary N) is 1.